The van der Waals surface area contributed by atoms with Crippen LogP contribution in [0.5, 0.6) is 0 Å². The summed E-state index contributed by atoms with van der Waals surface area (Å²) in [6, 6.07) is 17.7. The number of halogens is 1. The number of carbonyl (C=O) groups excluding carboxylic acids is 2. The predicted molar refractivity (Wildman–Crippen MR) is 144 cm³/mol. The van der Waals surface area contributed by atoms with Crippen LogP contribution >= 0.6 is 22.9 Å². The quantitative estimate of drug-likeness (QED) is 0.0827. The lowest BCUT2D eigenvalue weighted by Gasteiger charge is -2.08. The SMILES string of the molecule is CCOC(=O)c1c(-c2ccc(Cl)cc2)csc1NC(=O)/C(C#N)=C/c1ccc(-c2ccccc2[N+](=O)[O-])o1. The van der Waals surface area contributed by atoms with Crippen LogP contribution in [0.1, 0.15) is 23.0 Å². The van der Waals surface area contributed by atoms with Crippen LogP contribution in [0, 0.1) is 21.4 Å². The van der Waals surface area contributed by atoms with Crippen LogP contribution in [-0.2, 0) is 9.53 Å². The van der Waals surface area contributed by atoms with E-state index < -0.39 is 16.8 Å². The molecule has 0 saturated carbocycles. The molecule has 4 aromatic rings. The molecule has 0 atom stereocenters. The van der Waals surface area contributed by atoms with Crippen molar-refractivity contribution in [1.29, 1.82) is 5.26 Å². The van der Waals surface area contributed by atoms with Gasteiger partial charge in [-0.1, -0.05) is 35.9 Å². The van der Waals surface area contributed by atoms with Gasteiger partial charge in [-0.15, -0.1) is 11.3 Å². The van der Waals surface area contributed by atoms with Gasteiger partial charge in [0.15, 0.2) is 0 Å². The van der Waals surface area contributed by atoms with Crippen molar-refractivity contribution in [2.24, 2.45) is 0 Å². The summed E-state index contributed by atoms with van der Waals surface area (Å²) in [4.78, 5) is 36.6. The fourth-order valence-corrected chi connectivity index (χ4v) is 4.65. The lowest BCUT2D eigenvalue weighted by molar-refractivity contribution is -0.384. The lowest BCUT2D eigenvalue weighted by Crippen LogP contribution is -2.16. The van der Waals surface area contributed by atoms with Crippen molar-refractivity contribution in [2.45, 2.75) is 6.92 Å². The molecule has 9 nitrogen and oxygen atoms in total. The molecule has 0 unspecified atom stereocenters. The van der Waals surface area contributed by atoms with Gasteiger partial charge in [0.1, 0.15) is 33.7 Å². The number of anilines is 1. The topological polar surface area (TPSA) is 135 Å². The molecule has 190 valence electrons. The number of furan rings is 1. The lowest BCUT2D eigenvalue weighted by atomic mass is 10.0. The van der Waals surface area contributed by atoms with Crippen LogP contribution in [0.4, 0.5) is 10.7 Å². The van der Waals surface area contributed by atoms with Crippen molar-refractivity contribution < 1.29 is 23.7 Å². The second-order valence-electron chi connectivity index (χ2n) is 7.68. The van der Waals surface area contributed by atoms with Gasteiger partial charge >= 0.3 is 5.97 Å². The highest BCUT2D eigenvalue weighted by Crippen LogP contribution is 2.37. The number of carbonyl (C=O) groups is 2. The van der Waals surface area contributed by atoms with Gasteiger partial charge in [0.25, 0.3) is 11.6 Å². The van der Waals surface area contributed by atoms with Crippen molar-refractivity contribution in [2.75, 3.05) is 11.9 Å². The minimum atomic E-state index is -0.772. The third-order valence-electron chi connectivity index (χ3n) is 5.30. The number of amides is 1. The second-order valence-corrected chi connectivity index (χ2v) is 9.00. The van der Waals surface area contributed by atoms with Gasteiger partial charge in [0.2, 0.25) is 0 Å². The van der Waals surface area contributed by atoms with Gasteiger partial charge in [-0.05, 0) is 42.8 Å². The molecule has 0 fully saturated rings. The third-order valence-corrected chi connectivity index (χ3v) is 6.44. The molecule has 0 saturated heterocycles. The Hall–Kier alpha value is -4.72. The van der Waals surface area contributed by atoms with E-state index in [1.165, 1.54) is 36.4 Å². The number of thiophene rings is 1. The highest BCUT2D eigenvalue weighted by molar-refractivity contribution is 7.15. The van der Waals surface area contributed by atoms with E-state index in [2.05, 4.69) is 5.32 Å². The van der Waals surface area contributed by atoms with E-state index in [1.807, 2.05) is 6.07 Å². The van der Waals surface area contributed by atoms with Gasteiger partial charge in [0, 0.05) is 28.1 Å². The largest absolute Gasteiger partial charge is 0.462 e. The van der Waals surface area contributed by atoms with E-state index in [0.29, 0.717) is 16.1 Å². The molecular formula is C27H18ClN3O6S. The molecule has 1 amide bonds. The van der Waals surface area contributed by atoms with Crippen LogP contribution in [0.3, 0.4) is 0 Å². The van der Waals surface area contributed by atoms with Crippen molar-refractivity contribution >= 4 is 51.6 Å². The molecule has 0 radical (unpaired) electrons. The fraction of sp³-hybridized carbons (Fsp3) is 0.0741. The van der Waals surface area contributed by atoms with Crippen molar-refractivity contribution in [1.82, 2.24) is 0 Å². The Labute approximate surface area is 225 Å². The summed E-state index contributed by atoms with van der Waals surface area (Å²) in [7, 11) is 0. The van der Waals surface area contributed by atoms with Crippen LogP contribution in [-0.4, -0.2) is 23.4 Å². The molecule has 1 N–H and O–H groups in total. The monoisotopic (exact) mass is 547 g/mol. The Balaban J connectivity index is 1.63. The molecule has 2 heterocycles. The molecule has 0 aliphatic rings. The zero-order chi connectivity index (χ0) is 27.2. The molecule has 0 spiro atoms. The summed E-state index contributed by atoms with van der Waals surface area (Å²) in [5, 5.41) is 26.0. The van der Waals surface area contributed by atoms with Crippen molar-refractivity contribution in [3.63, 3.8) is 0 Å². The molecule has 0 aliphatic heterocycles. The summed E-state index contributed by atoms with van der Waals surface area (Å²) in [5.41, 5.74) is 1.21. The first-order valence-corrected chi connectivity index (χ1v) is 12.4. The number of hydrogen-bond donors (Lipinski definition) is 1. The number of nitrogens with one attached hydrogen (secondary N) is 1. The molecule has 2 aromatic heterocycles. The first-order valence-electron chi connectivity index (χ1n) is 11.1. The van der Waals surface area contributed by atoms with Crippen LogP contribution in [0.25, 0.3) is 28.5 Å². The summed E-state index contributed by atoms with van der Waals surface area (Å²) in [5.74, 6) is -1.05. The molecule has 0 aliphatic carbocycles. The molecule has 11 heteroatoms. The zero-order valence-corrected chi connectivity index (χ0v) is 21.3. The number of hydrogen-bond acceptors (Lipinski definition) is 8. The molecule has 0 bridgehead atoms. The number of para-hydroxylation sites is 1. The normalized spacial score (nSPS) is 11.0. The number of nitro benzene ring substituents is 1. The molecular weight excluding hydrogens is 530 g/mol. The van der Waals surface area contributed by atoms with E-state index in [-0.39, 0.29) is 45.5 Å². The number of benzene rings is 2. The summed E-state index contributed by atoms with van der Waals surface area (Å²) in [6.45, 7) is 1.80. The smallest absolute Gasteiger partial charge is 0.341 e. The average Bonchev–Trinajstić information content (AvgIpc) is 3.55. The number of nitrogens with zero attached hydrogens (tertiary/aromatic N) is 2. The van der Waals surface area contributed by atoms with E-state index in [4.69, 9.17) is 20.8 Å². The highest BCUT2D eigenvalue weighted by Gasteiger charge is 2.24. The maximum Gasteiger partial charge on any atom is 0.341 e. The van der Waals surface area contributed by atoms with Crippen LogP contribution in [0.15, 0.2) is 76.0 Å². The average molecular weight is 548 g/mol. The van der Waals surface area contributed by atoms with E-state index in [0.717, 1.165) is 11.3 Å². The van der Waals surface area contributed by atoms with Gasteiger partial charge in [-0.25, -0.2) is 4.79 Å². The minimum Gasteiger partial charge on any atom is -0.462 e. The number of nitriles is 1. The van der Waals surface area contributed by atoms with Gasteiger partial charge < -0.3 is 14.5 Å². The Kier molecular flexibility index (Phi) is 8.01. The van der Waals surface area contributed by atoms with Gasteiger partial charge in [0.05, 0.1) is 17.1 Å². The minimum absolute atomic E-state index is 0.131. The highest BCUT2D eigenvalue weighted by atomic mass is 35.5. The van der Waals surface area contributed by atoms with Crippen molar-refractivity contribution in [3.8, 4) is 28.5 Å². The number of ether oxygens (including phenoxy) is 1. The number of esters is 1. The Morgan fingerprint density at radius 2 is 1.89 bits per heavy atom. The standard InChI is InChI=1S/C27H18ClN3O6S/c1-2-36-27(33)24-21(16-7-9-18(28)10-8-16)15-38-26(24)30-25(32)17(14-29)13-19-11-12-23(37-19)20-5-3-4-6-22(20)31(34)35/h3-13,15H,2H2,1H3,(H,30,32)/b17-13+. The second kappa shape index (κ2) is 11.6. The van der Waals surface area contributed by atoms with Crippen molar-refractivity contribution in [3.05, 3.63) is 98.1 Å². The molecule has 38 heavy (non-hydrogen) atoms. The Bertz CT molecular complexity index is 1600. The van der Waals surface area contributed by atoms with Crippen LogP contribution in [0.2, 0.25) is 5.02 Å². The van der Waals surface area contributed by atoms with Gasteiger partial charge in [-0.3, -0.25) is 14.9 Å². The third kappa shape index (κ3) is 5.64. The van der Waals surface area contributed by atoms with Crippen LogP contribution < -0.4 is 5.32 Å². The number of nitro groups is 1. The molecule has 4 rings (SSSR count). The van der Waals surface area contributed by atoms with E-state index in [9.17, 15) is 25.0 Å². The maximum absolute atomic E-state index is 13.0. The Morgan fingerprint density at radius 3 is 2.58 bits per heavy atom. The first kappa shape index (κ1) is 26.3. The fourth-order valence-electron chi connectivity index (χ4n) is 3.58. The summed E-state index contributed by atoms with van der Waals surface area (Å²) in [6.07, 6.45) is 1.21. The number of rotatable bonds is 8. The maximum atomic E-state index is 13.0. The van der Waals surface area contributed by atoms with Gasteiger partial charge in [-0.2, -0.15) is 5.26 Å². The Morgan fingerprint density at radius 1 is 1.16 bits per heavy atom. The van der Waals surface area contributed by atoms with E-state index >= 15 is 0 Å². The van der Waals surface area contributed by atoms with E-state index in [1.54, 1.807) is 42.6 Å². The zero-order valence-electron chi connectivity index (χ0n) is 19.8. The molecule has 2 aromatic carbocycles. The summed E-state index contributed by atoms with van der Waals surface area (Å²) < 4.78 is 10.9. The predicted octanol–water partition coefficient (Wildman–Crippen LogP) is 6.96. The first-order chi connectivity index (χ1) is 18.3. The summed E-state index contributed by atoms with van der Waals surface area (Å²) >= 11 is 7.09.